The van der Waals surface area contributed by atoms with Gasteiger partial charge in [0.25, 0.3) is 0 Å². The SMILES string of the molecule is CC(C)=CCC[C@]1(C)/C=C/C[C@]2(C)O[C@@H]2CC/C(CO)=C\C1. The monoisotopic (exact) mass is 304 g/mol. The van der Waals surface area contributed by atoms with Gasteiger partial charge in [-0.1, -0.05) is 36.8 Å². The second kappa shape index (κ2) is 7.14. The van der Waals surface area contributed by atoms with E-state index in [9.17, 15) is 5.11 Å². The minimum atomic E-state index is 0.0300. The lowest BCUT2D eigenvalue weighted by molar-refractivity contribution is 0.300. The first-order valence-electron chi connectivity index (χ1n) is 8.64. The van der Waals surface area contributed by atoms with Crippen LogP contribution in [0.15, 0.2) is 35.5 Å². The van der Waals surface area contributed by atoms with Crippen LogP contribution in [0.3, 0.4) is 0 Å². The van der Waals surface area contributed by atoms with E-state index in [1.165, 1.54) is 11.1 Å². The summed E-state index contributed by atoms with van der Waals surface area (Å²) in [5.41, 5.74) is 2.75. The Balaban J connectivity index is 2.11. The van der Waals surface area contributed by atoms with Gasteiger partial charge in [0, 0.05) is 0 Å². The summed E-state index contributed by atoms with van der Waals surface area (Å²) in [5.74, 6) is 0. The van der Waals surface area contributed by atoms with Crippen molar-refractivity contribution in [1.29, 1.82) is 0 Å². The third-order valence-corrected chi connectivity index (χ3v) is 5.13. The molecule has 0 aromatic heterocycles. The zero-order chi connectivity index (χ0) is 16.2. The fourth-order valence-electron chi connectivity index (χ4n) is 3.30. The van der Waals surface area contributed by atoms with Crippen LogP contribution in [-0.4, -0.2) is 23.4 Å². The van der Waals surface area contributed by atoms with Crippen LogP contribution in [0.5, 0.6) is 0 Å². The van der Waals surface area contributed by atoms with Gasteiger partial charge in [-0.3, -0.25) is 0 Å². The summed E-state index contributed by atoms with van der Waals surface area (Å²) in [7, 11) is 0. The maximum atomic E-state index is 9.59. The predicted octanol–water partition coefficient (Wildman–Crippen LogP) is 4.95. The Morgan fingerprint density at radius 2 is 2.14 bits per heavy atom. The normalized spacial score (nSPS) is 39.0. The molecule has 1 fully saturated rings. The van der Waals surface area contributed by atoms with Crippen LogP contribution < -0.4 is 0 Å². The molecular formula is C20H32O2. The molecule has 2 heteroatoms. The second-order valence-corrected chi connectivity index (χ2v) is 7.76. The fraction of sp³-hybridized carbons (Fsp3) is 0.700. The molecular weight excluding hydrogens is 272 g/mol. The van der Waals surface area contributed by atoms with Crippen molar-refractivity contribution >= 4 is 0 Å². The van der Waals surface area contributed by atoms with Crippen LogP contribution in [0.4, 0.5) is 0 Å². The van der Waals surface area contributed by atoms with Crippen molar-refractivity contribution in [2.24, 2.45) is 5.41 Å². The lowest BCUT2D eigenvalue weighted by atomic mass is 9.80. The van der Waals surface area contributed by atoms with Crippen molar-refractivity contribution in [3.63, 3.8) is 0 Å². The highest BCUT2D eigenvalue weighted by Crippen LogP contribution is 2.44. The standard InChI is InChI=1S/C20H32O2/c1-16(2)7-5-11-19(3)12-6-13-20(4)18(22-20)9-8-17(15-21)10-14-19/h6-7,10,12,18,21H,5,8-9,11,13-15H2,1-4H3/b12-6+,17-10+/t18-,19-,20+/m1/s1. The van der Waals surface area contributed by atoms with E-state index in [1.54, 1.807) is 0 Å². The number of rotatable bonds is 4. The van der Waals surface area contributed by atoms with Crippen LogP contribution >= 0.6 is 0 Å². The van der Waals surface area contributed by atoms with Crippen LogP contribution in [0.2, 0.25) is 0 Å². The molecule has 0 saturated carbocycles. The van der Waals surface area contributed by atoms with E-state index in [-0.39, 0.29) is 17.6 Å². The zero-order valence-corrected chi connectivity index (χ0v) is 14.7. The molecule has 0 aromatic carbocycles. The molecule has 2 nitrogen and oxygen atoms in total. The molecule has 1 saturated heterocycles. The molecule has 1 aliphatic carbocycles. The Morgan fingerprint density at radius 1 is 1.36 bits per heavy atom. The fourth-order valence-corrected chi connectivity index (χ4v) is 3.30. The van der Waals surface area contributed by atoms with E-state index in [1.807, 2.05) is 0 Å². The maximum Gasteiger partial charge on any atom is 0.0954 e. The smallest absolute Gasteiger partial charge is 0.0954 e. The van der Waals surface area contributed by atoms with E-state index < -0.39 is 0 Å². The van der Waals surface area contributed by atoms with Gasteiger partial charge < -0.3 is 9.84 Å². The first kappa shape index (κ1) is 17.5. The molecule has 0 unspecified atom stereocenters. The minimum absolute atomic E-state index is 0.0300. The molecule has 22 heavy (non-hydrogen) atoms. The Hall–Kier alpha value is -0.860. The minimum Gasteiger partial charge on any atom is -0.392 e. The summed E-state index contributed by atoms with van der Waals surface area (Å²) in [6.07, 6.45) is 15.9. The predicted molar refractivity (Wildman–Crippen MR) is 92.8 cm³/mol. The molecule has 0 spiro atoms. The number of hydrogen-bond donors (Lipinski definition) is 1. The molecule has 0 aromatic rings. The molecule has 0 radical (unpaired) electrons. The van der Waals surface area contributed by atoms with Crippen LogP contribution in [0.25, 0.3) is 0 Å². The molecule has 1 heterocycles. The van der Waals surface area contributed by atoms with E-state index in [4.69, 9.17) is 4.74 Å². The van der Waals surface area contributed by atoms with Crippen molar-refractivity contribution in [2.45, 2.75) is 77.9 Å². The van der Waals surface area contributed by atoms with Crippen molar-refractivity contribution in [3.8, 4) is 0 Å². The molecule has 0 amide bonds. The maximum absolute atomic E-state index is 9.59. The topological polar surface area (TPSA) is 32.8 Å². The van der Waals surface area contributed by atoms with E-state index in [2.05, 4.69) is 52.0 Å². The van der Waals surface area contributed by atoms with Crippen LogP contribution in [-0.2, 0) is 4.74 Å². The van der Waals surface area contributed by atoms with Crippen LogP contribution in [0, 0.1) is 5.41 Å². The Bertz CT molecular complexity index is 470. The van der Waals surface area contributed by atoms with Gasteiger partial charge in [0.15, 0.2) is 0 Å². The van der Waals surface area contributed by atoms with Gasteiger partial charge in [-0.2, -0.15) is 0 Å². The zero-order valence-electron chi connectivity index (χ0n) is 14.7. The molecule has 1 aliphatic heterocycles. The summed E-state index contributed by atoms with van der Waals surface area (Å²) in [4.78, 5) is 0. The van der Waals surface area contributed by atoms with E-state index in [0.29, 0.717) is 6.10 Å². The Kier molecular flexibility index (Phi) is 5.68. The van der Waals surface area contributed by atoms with Crippen molar-refractivity contribution in [2.75, 3.05) is 6.61 Å². The molecule has 2 aliphatic rings. The molecule has 3 atom stereocenters. The second-order valence-electron chi connectivity index (χ2n) is 7.76. The van der Waals surface area contributed by atoms with Crippen LogP contribution in [0.1, 0.15) is 66.2 Å². The highest BCUT2D eigenvalue weighted by Gasteiger charge is 2.50. The van der Waals surface area contributed by atoms with Gasteiger partial charge in [-0.15, -0.1) is 0 Å². The van der Waals surface area contributed by atoms with Crippen molar-refractivity contribution in [3.05, 3.63) is 35.5 Å². The van der Waals surface area contributed by atoms with Gasteiger partial charge in [-0.25, -0.2) is 0 Å². The Morgan fingerprint density at radius 3 is 2.82 bits per heavy atom. The summed E-state index contributed by atoms with van der Waals surface area (Å²) < 4.78 is 5.88. The summed E-state index contributed by atoms with van der Waals surface area (Å²) in [5, 5.41) is 9.59. The number of ether oxygens (including phenoxy) is 1. The first-order valence-corrected chi connectivity index (χ1v) is 8.64. The van der Waals surface area contributed by atoms with Gasteiger partial charge in [0.1, 0.15) is 0 Å². The first-order chi connectivity index (χ1) is 10.4. The summed E-state index contributed by atoms with van der Waals surface area (Å²) in [6, 6.07) is 0. The average molecular weight is 304 g/mol. The molecule has 1 N–H and O–H groups in total. The summed E-state index contributed by atoms with van der Waals surface area (Å²) >= 11 is 0. The van der Waals surface area contributed by atoms with Crippen molar-refractivity contribution < 1.29 is 9.84 Å². The number of aliphatic hydroxyl groups is 1. The van der Waals surface area contributed by atoms with E-state index >= 15 is 0 Å². The van der Waals surface area contributed by atoms with Gasteiger partial charge in [0.2, 0.25) is 0 Å². The van der Waals surface area contributed by atoms with Gasteiger partial charge in [0.05, 0.1) is 18.3 Å². The molecule has 0 bridgehead atoms. The summed E-state index contributed by atoms with van der Waals surface area (Å²) in [6.45, 7) is 9.04. The van der Waals surface area contributed by atoms with E-state index in [0.717, 1.165) is 38.5 Å². The quantitative estimate of drug-likeness (QED) is 0.589. The third-order valence-electron chi connectivity index (χ3n) is 5.13. The number of allylic oxidation sites excluding steroid dienone is 4. The third kappa shape index (κ3) is 4.82. The van der Waals surface area contributed by atoms with Crippen molar-refractivity contribution in [1.82, 2.24) is 0 Å². The highest BCUT2D eigenvalue weighted by molar-refractivity contribution is 5.14. The number of aliphatic hydroxyl groups excluding tert-OH is 1. The molecule has 2 rings (SSSR count). The number of hydrogen-bond acceptors (Lipinski definition) is 2. The lowest BCUT2D eigenvalue weighted by Gasteiger charge is -2.25. The Labute approximate surface area is 136 Å². The lowest BCUT2D eigenvalue weighted by Crippen LogP contribution is -2.13. The molecule has 124 valence electrons. The number of epoxide rings is 1. The largest absolute Gasteiger partial charge is 0.392 e. The van der Waals surface area contributed by atoms with Gasteiger partial charge in [-0.05, 0) is 70.3 Å². The van der Waals surface area contributed by atoms with Gasteiger partial charge >= 0.3 is 0 Å². The number of fused-ring (bicyclic) bond motifs is 1. The highest BCUT2D eigenvalue weighted by atomic mass is 16.6. The average Bonchev–Trinajstić information content (AvgIpc) is 3.08.